The Bertz CT molecular complexity index is 410. The third-order valence-corrected chi connectivity index (χ3v) is 2.52. The highest BCUT2D eigenvalue weighted by Crippen LogP contribution is 2.25. The van der Waals surface area contributed by atoms with Crippen LogP contribution >= 0.6 is 0 Å². The van der Waals surface area contributed by atoms with Crippen LogP contribution in [0.5, 0.6) is 0 Å². The van der Waals surface area contributed by atoms with Gasteiger partial charge in [-0.15, -0.1) is 0 Å². The van der Waals surface area contributed by atoms with Gasteiger partial charge in [0.05, 0.1) is 24.7 Å². The van der Waals surface area contributed by atoms with Crippen molar-refractivity contribution in [3.63, 3.8) is 0 Å². The first kappa shape index (κ1) is 15.4. The van der Waals surface area contributed by atoms with Gasteiger partial charge in [0.1, 0.15) is 5.69 Å². The van der Waals surface area contributed by atoms with Crippen molar-refractivity contribution in [1.82, 2.24) is 0 Å². The molecule has 0 heterocycles. The first-order chi connectivity index (χ1) is 9.19. The van der Waals surface area contributed by atoms with Crippen LogP contribution in [-0.2, 0) is 16.1 Å². The molecule has 0 unspecified atom stereocenters. The fourth-order valence-electron chi connectivity index (χ4n) is 1.57. The molecule has 0 radical (unpaired) electrons. The van der Waals surface area contributed by atoms with Crippen LogP contribution in [0.25, 0.3) is 0 Å². The molecule has 0 aliphatic carbocycles. The number of nitrogens with one attached hydrogen (secondary N) is 1. The maximum absolute atomic E-state index is 10.9. The summed E-state index contributed by atoms with van der Waals surface area (Å²) in [6, 6.07) is 4.98. The minimum atomic E-state index is -0.381. The minimum Gasteiger partial charge on any atom is -0.382 e. The molecule has 19 heavy (non-hydrogen) atoms. The Labute approximate surface area is 112 Å². The number of ether oxygens (including phenoxy) is 2. The Morgan fingerprint density at radius 2 is 2.16 bits per heavy atom. The van der Waals surface area contributed by atoms with Gasteiger partial charge >= 0.3 is 0 Å². The lowest BCUT2D eigenvalue weighted by molar-refractivity contribution is -0.384. The lowest BCUT2D eigenvalue weighted by atomic mass is 10.2. The van der Waals surface area contributed by atoms with Crippen LogP contribution in [0.15, 0.2) is 18.2 Å². The number of hydrogen-bond acceptors (Lipinski definition) is 5. The maximum atomic E-state index is 10.9. The quantitative estimate of drug-likeness (QED) is 0.423. The Hall–Kier alpha value is -1.66. The standard InChI is InChI=1S/C13H20N2O4/c1-3-6-14-12-9-11(10-19-8-7-18-2)4-5-13(12)15(16)17/h4-5,9,14H,3,6-8,10H2,1-2H3. The van der Waals surface area contributed by atoms with Gasteiger partial charge in [0.25, 0.3) is 5.69 Å². The molecule has 0 spiro atoms. The molecule has 6 heteroatoms. The highest BCUT2D eigenvalue weighted by Gasteiger charge is 2.13. The molecule has 0 atom stereocenters. The van der Waals surface area contributed by atoms with Crippen LogP contribution in [0.1, 0.15) is 18.9 Å². The van der Waals surface area contributed by atoms with Crippen LogP contribution < -0.4 is 5.32 Å². The van der Waals surface area contributed by atoms with Crippen molar-refractivity contribution in [3.05, 3.63) is 33.9 Å². The first-order valence-electron chi connectivity index (χ1n) is 6.27. The van der Waals surface area contributed by atoms with Crippen molar-refractivity contribution in [2.45, 2.75) is 20.0 Å². The van der Waals surface area contributed by atoms with Gasteiger partial charge in [-0.25, -0.2) is 0 Å². The molecule has 0 aliphatic rings. The van der Waals surface area contributed by atoms with E-state index in [1.54, 1.807) is 19.2 Å². The molecule has 1 rings (SSSR count). The van der Waals surface area contributed by atoms with Crippen molar-refractivity contribution in [2.24, 2.45) is 0 Å². The van der Waals surface area contributed by atoms with E-state index in [0.717, 1.165) is 12.0 Å². The molecule has 0 fully saturated rings. The number of rotatable bonds is 9. The second kappa shape index (κ2) is 8.44. The topological polar surface area (TPSA) is 73.6 Å². The molecule has 0 saturated heterocycles. The number of nitro groups is 1. The van der Waals surface area contributed by atoms with Gasteiger partial charge in [0.15, 0.2) is 0 Å². The molecular weight excluding hydrogens is 248 g/mol. The molecule has 0 aliphatic heterocycles. The fraction of sp³-hybridized carbons (Fsp3) is 0.538. The third kappa shape index (κ3) is 5.23. The summed E-state index contributed by atoms with van der Waals surface area (Å²) in [6.45, 7) is 4.17. The maximum Gasteiger partial charge on any atom is 0.292 e. The van der Waals surface area contributed by atoms with Gasteiger partial charge in [0.2, 0.25) is 0 Å². The Morgan fingerprint density at radius 1 is 1.37 bits per heavy atom. The normalized spacial score (nSPS) is 10.4. The van der Waals surface area contributed by atoms with E-state index in [9.17, 15) is 10.1 Å². The van der Waals surface area contributed by atoms with Crippen LogP contribution in [0, 0.1) is 10.1 Å². The summed E-state index contributed by atoms with van der Waals surface area (Å²) in [5.74, 6) is 0. The molecule has 0 amide bonds. The predicted molar refractivity (Wildman–Crippen MR) is 73.4 cm³/mol. The molecule has 0 saturated carbocycles. The van der Waals surface area contributed by atoms with E-state index in [-0.39, 0.29) is 10.6 Å². The van der Waals surface area contributed by atoms with Gasteiger partial charge in [-0.3, -0.25) is 10.1 Å². The number of anilines is 1. The van der Waals surface area contributed by atoms with Crippen molar-refractivity contribution in [2.75, 3.05) is 32.2 Å². The van der Waals surface area contributed by atoms with E-state index in [4.69, 9.17) is 9.47 Å². The Morgan fingerprint density at radius 3 is 2.79 bits per heavy atom. The molecule has 106 valence electrons. The SMILES string of the molecule is CCCNc1cc(COCCOC)ccc1[N+](=O)[O-]. The predicted octanol–water partition coefficient (Wildman–Crippen LogP) is 2.58. The Kier molecular flexibility index (Phi) is 6.84. The smallest absolute Gasteiger partial charge is 0.292 e. The number of hydrogen-bond donors (Lipinski definition) is 1. The minimum absolute atomic E-state index is 0.0918. The monoisotopic (exact) mass is 268 g/mol. The first-order valence-corrected chi connectivity index (χ1v) is 6.27. The summed E-state index contributed by atoms with van der Waals surface area (Å²) in [4.78, 5) is 10.5. The van der Waals surface area contributed by atoms with E-state index < -0.39 is 0 Å². The number of nitrogens with zero attached hydrogens (tertiary/aromatic N) is 1. The molecule has 1 aromatic carbocycles. The highest BCUT2D eigenvalue weighted by atomic mass is 16.6. The lowest BCUT2D eigenvalue weighted by Crippen LogP contribution is -2.05. The largest absolute Gasteiger partial charge is 0.382 e. The van der Waals surface area contributed by atoms with Gasteiger partial charge < -0.3 is 14.8 Å². The van der Waals surface area contributed by atoms with Crippen molar-refractivity contribution < 1.29 is 14.4 Å². The molecule has 0 aromatic heterocycles. The molecule has 1 N–H and O–H groups in total. The molecule has 0 bridgehead atoms. The Balaban J connectivity index is 2.70. The second-order valence-electron chi connectivity index (χ2n) is 4.08. The van der Waals surface area contributed by atoms with E-state index >= 15 is 0 Å². The zero-order valence-electron chi connectivity index (χ0n) is 11.3. The number of methoxy groups -OCH3 is 1. The summed E-state index contributed by atoms with van der Waals surface area (Å²) >= 11 is 0. The van der Waals surface area contributed by atoms with E-state index in [2.05, 4.69) is 5.32 Å². The lowest BCUT2D eigenvalue weighted by Gasteiger charge is -2.09. The summed E-state index contributed by atoms with van der Waals surface area (Å²) in [5.41, 5.74) is 1.54. The zero-order chi connectivity index (χ0) is 14.1. The summed E-state index contributed by atoms with van der Waals surface area (Å²) in [5, 5.41) is 14.0. The summed E-state index contributed by atoms with van der Waals surface area (Å²) < 4.78 is 10.3. The van der Waals surface area contributed by atoms with Crippen LogP contribution in [-0.4, -0.2) is 31.8 Å². The van der Waals surface area contributed by atoms with Crippen molar-refractivity contribution in [3.8, 4) is 0 Å². The van der Waals surface area contributed by atoms with Crippen LogP contribution in [0.4, 0.5) is 11.4 Å². The second-order valence-corrected chi connectivity index (χ2v) is 4.08. The molecule has 1 aromatic rings. The zero-order valence-corrected chi connectivity index (χ0v) is 11.3. The number of nitro benzene ring substituents is 1. The van der Waals surface area contributed by atoms with Gasteiger partial charge in [0, 0.05) is 19.7 Å². The van der Waals surface area contributed by atoms with Gasteiger partial charge in [-0.1, -0.05) is 6.92 Å². The van der Waals surface area contributed by atoms with Gasteiger partial charge in [-0.2, -0.15) is 0 Å². The van der Waals surface area contributed by atoms with E-state index in [1.165, 1.54) is 6.07 Å². The number of benzene rings is 1. The summed E-state index contributed by atoms with van der Waals surface area (Å²) in [7, 11) is 1.61. The average molecular weight is 268 g/mol. The van der Waals surface area contributed by atoms with Crippen LogP contribution in [0.2, 0.25) is 0 Å². The summed E-state index contributed by atoms with van der Waals surface area (Å²) in [6.07, 6.45) is 0.908. The van der Waals surface area contributed by atoms with Crippen molar-refractivity contribution in [1.29, 1.82) is 0 Å². The molecular formula is C13H20N2O4. The van der Waals surface area contributed by atoms with E-state index in [0.29, 0.717) is 32.1 Å². The average Bonchev–Trinajstić information content (AvgIpc) is 2.41. The van der Waals surface area contributed by atoms with Gasteiger partial charge in [-0.05, 0) is 24.1 Å². The third-order valence-electron chi connectivity index (χ3n) is 2.52. The van der Waals surface area contributed by atoms with E-state index in [1.807, 2.05) is 6.92 Å². The van der Waals surface area contributed by atoms with Crippen molar-refractivity contribution >= 4 is 11.4 Å². The van der Waals surface area contributed by atoms with Crippen LogP contribution in [0.3, 0.4) is 0 Å². The fourth-order valence-corrected chi connectivity index (χ4v) is 1.57. The highest BCUT2D eigenvalue weighted by molar-refractivity contribution is 5.62. The molecule has 6 nitrogen and oxygen atoms in total.